The van der Waals surface area contributed by atoms with Crippen LogP contribution in [0.3, 0.4) is 0 Å². The van der Waals surface area contributed by atoms with Crippen molar-refractivity contribution < 1.29 is 199 Å². The summed E-state index contributed by atoms with van der Waals surface area (Å²) in [6, 6.07) is 23.4. The van der Waals surface area contributed by atoms with Gasteiger partial charge < -0.3 is 170 Å². The van der Waals surface area contributed by atoms with Gasteiger partial charge in [0.1, 0.15) is 144 Å². The number of phenolic OH excluding ortho intramolecular Hbond substituents is 4. The van der Waals surface area contributed by atoms with E-state index in [1.54, 1.807) is 0 Å². The number of aliphatic hydroxyl groups is 16. The van der Waals surface area contributed by atoms with Gasteiger partial charge in [-0.05, 0) is 117 Å². The minimum absolute atomic E-state index is 0. The zero-order valence-corrected chi connectivity index (χ0v) is 66.3. The van der Waals surface area contributed by atoms with Crippen LogP contribution < -0.4 is 29.2 Å². The van der Waals surface area contributed by atoms with Gasteiger partial charge in [0.25, 0.3) is 0 Å². The number of aliphatic hydroxyl groups excluding tert-OH is 16. The Bertz CT molecular complexity index is 5000. The second kappa shape index (κ2) is 35.2. The van der Waals surface area contributed by atoms with Gasteiger partial charge in [-0.1, -0.05) is 48.5 Å². The number of benzene rings is 8. The van der Waals surface area contributed by atoms with Crippen molar-refractivity contribution in [1.29, 1.82) is 0 Å². The molecule has 0 spiro atoms. The van der Waals surface area contributed by atoms with Crippen molar-refractivity contribution >= 4 is 84.7 Å². The fourth-order valence-electron chi connectivity index (χ4n) is 17.4. The largest absolute Gasteiger partial charge is 2.00 e. The van der Waals surface area contributed by atoms with Crippen LogP contribution in [0, 0.1) is 0 Å². The molecule has 8 aromatic carbocycles. The molecule has 4 saturated heterocycles. The molecule has 0 bridgehead atoms. The minimum atomic E-state index is -1.96. The third kappa shape index (κ3) is 15.4. The van der Waals surface area contributed by atoms with Crippen LogP contribution in [0.1, 0.15) is 173 Å². The van der Waals surface area contributed by atoms with E-state index in [2.05, 4.69) is 0 Å². The number of hydrogen-bond acceptors (Lipinski definition) is 38. The normalized spacial score (nSPS) is 29.8. The maximum absolute atomic E-state index is 14.7. The van der Waals surface area contributed by atoms with Crippen molar-refractivity contribution in [2.75, 3.05) is 26.4 Å². The summed E-state index contributed by atoms with van der Waals surface area (Å²) in [5, 5.41) is 257. The quantitative estimate of drug-likeness (QED) is 0.0357. The Morgan fingerprint density at radius 3 is 0.680 bits per heavy atom. The predicted octanol–water partition coefficient (Wildman–Crippen LogP) is -5.24. The van der Waals surface area contributed by atoms with E-state index in [1.165, 1.54) is 72.8 Å². The van der Waals surface area contributed by atoms with E-state index in [0.29, 0.717) is 0 Å². The molecule has 0 radical (unpaired) electrons. The van der Waals surface area contributed by atoms with Gasteiger partial charge in [-0.15, -0.1) is 0 Å². The Labute approximate surface area is 730 Å². The molecule has 4 fully saturated rings. The van der Waals surface area contributed by atoms with E-state index in [0.717, 1.165) is 48.5 Å². The van der Waals surface area contributed by atoms with E-state index in [4.69, 9.17) is 37.9 Å². The first-order chi connectivity index (χ1) is 59.0. The van der Waals surface area contributed by atoms with Gasteiger partial charge in [-0.3, -0.25) is 19.2 Å². The molecule has 4 heterocycles. The van der Waals surface area contributed by atoms with Gasteiger partial charge >= 0.3 is 49.7 Å². The Morgan fingerprint density at radius 1 is 0.288 bits per heavy atom. The number of carbonyl (C=O) groups excluding carboxylic acids is 6. The molecule has 125 heavy (non-hydrogen) atoms. The van der Waals surface area contributed by atoms with Crippen molar-refractivity contribution in [1.82, 2.24) is 0 Å². The first-order valence-corrected chi connectivity index (χ1v) is 37.9. The smallest absolute Gasteiger partial charge is 0.545 e. The number of carboxylic acid groups (broad SMARTS) is 4. The molecule has 8 aromatic rings. The van der Waals surface area contributed by atoms with Gasteiger partial charge in [0.15, 0.2) is 0 Å². The van der Waals surface area contributed by atoms with Gasteiger partial charge in [-0.25, -0.2) is 9.59 Å². The third-order valence-corrected chi connectivity index (χ3v) is 23.3. The Balaban J connectivity index is 0.000000202. The molecular weight excluding hydrogens is 1690 g/mol. The van der Waals surface area contributed by atoms with Gasteiger partial charge in [0, 0.05) is 34.8 Å². The molecule has 24 unspecified atom stereocenters. The Hall–Kier alpha value is -10.8. The van der Waals surface area contributed by atoms with Crippen LogP contribution in [0.25, 0.3) is 0 Å². The maximum atomic E-state index is 14.7. The van der Waals surface area contributed by atoms with Crippen LogP contribution in [0.15, 0.2) is 121 Å². The molecule has 652 valence electrons. The van der Waals surface area contributed by atoms with E-state index < -0.39 is 287 Å². The number of aromatic hydroxyl groups is 4. The van der Waals surface area contributed by atoms with Crippen LogP contribution in [-0.2, 0) is 18.9 Å². The second-order valence-corrected chi connectivity index (χ2v) is 30.4. The van der Waals surface area contributed by atoms with Gasteiger partial charge in [0.05, 0.1) is 94.0 Å². The van der Waals surface area contributed by atoms with Crippen molar-refractivity contribution in [3.8, 4) is 46.0 Å². The second-order valence-electron chi connectivity index (χ2n) is 30.4. The van der Waals surface area contributed by atoms with Crippen LogP contribution in [0.2, 0.25) is 0 Å². The number of ether oxygens (including phenoxy) is 8. The van der Waals surface area contributed by atoms with Crippen molar-refractivity contribution in [2.45, 2.75) is 146 Å². The number of ketones is 4. The zero-order valence-electron chi connectivity index (χ0n) is 64.1. The monoisotopic (exact) mass is 1760 g/mol. The minimum Gasteiger partial charge on any atom is -0.545 e. The third-order valence-electron chi connectivity index (χ3n) is 23.3. The molecule has 40 nitrogen and oxygen atoms in total. The summed E-state index contributed by atoms with van der Waals surface area (Å²) < 4.78 is 46.0. The first-order valence-electron chi connectivity index (χ1n) is 37.9. The summed E-state index contributed by atoms with van der Waals surface area (Å²) in [5.74, 6) is -21.0. The first kappa shape index (κ1) is 90.4. The maximum Gasteiger partial charge on any atom is 2.00 e. The fourth-order valence-corrected chi connectivity index (χ4v) is 17.4. The van der Waals surface area contributed by atoms with E-state index in [-0.39, 0.29) is 127 Å². The van der Waals surface area contributed by atoms with Crippen LogP contribution in [-0.4, -0.2) is 346 Å². The van der Waals surface area contributed by atoms with Gasteiger partial charge in [-0.2, -0.15) is 0 Å². The summed E-state index contributed by atoms with van der Waals surface area (Å²) in [5.41, 5.74) is -6.31. The molecule has 24 atom stereocenters. The molecule has 22 N–H and O–H groups in total. The summed E-state index contributed by atoms with van der Waals surface area (Å²) in [6.07, 6.45) is -35.5. The average Bonchev–Trinajstić information content (AvgIpc) is 0.706. The van der Waals surface area contributed by atoms with Crippen molar-refractivity contribution in [2.24, 2.45) is 0 Å². The van der Waals surface area contributed by atoms with Crippen molar-refractivity contribution in [3.63, 3.8) is 0 Å². The van der Waals surface area contributed by atoms with E-state index in [9.17, 15) is 161 Å². The molecule has 0 saturated carbocycles. The molecule has 16 rings (SSSR count). The van der Waals surface area contributed by atoms with E-state index in [1.807, 2.05) is 0 Å². The zero-order chi connectivity index (χ0) is 89.3. The molecule has 8 aliphatic rings. The van der Waals surface area contributed by atoms with Crippen LogP contribution >= 0.6 is 0 Å². The summed E-state index contributed by atoms with van der Waals surface area (Å²) >= 11 is 0. The number of aromatic carboxylic acids is 4. The number of phenols is 4. The Kier molecular flexibility index (Phi) is 25.5. The fraction of sp³-hybridized carbons (Fsp3) is 0.333. The summed E-state index contributed by atoms with van der Waals surface area (Å²) in [4.78, 5) is 108. The molecule has 4 aliphatic heterocycles. The Morgan fingerprint density at radius 2 is 0.488 bits per heavy atom. The predicted molar refractivity (Wildman–Crippen MR) is 405 cm³/mol. The number of hydrogen-bond donors (Lipinski definition) is 22. The number of rotatable bonds is 18. The molecule has 41 heteroatoms. The molecule has 0 amide bonds. The number of fused-ring (bicyclic) bond motifs is 8. The summed E-state index contributed by atoms with van der Waals surface area (Å²) in [7, 11) is 0. The van der Waals surface area contributed by atoms with E-state index >= 15 is 0 Å². The number of carbonyl (C=O) groups is 8. The average molecular weight is 1760 g/mol. The van der Waals surface area contributed by atoms with Crippen LogP contribution in [0.4, 0.5) is 0 Å². The van der Waals surface area contributed by atoms with Crippen LogP contribution in [0.5, 0.6) is 46.0 Å². The SMILES string of the molecule is O=C(O)c1cc(O)c2c(c1)C(C1c3cc(C(=O)O)cc(O)c3C(=O)c3c(OC4OC(CO)C(O)C(O)C4O)cccc31)c1cccc(OC3OC(CO)C(O)C(O)C3O)c1C2=O.O=C([O-])c1cc(O)c2c(c1)C(C1c3cc(C(=O)[O-])cc(O)c3C(=O)c3c(OC4OC(CO)C(O)C(O)C4O)cccc31)c1cccc(OC3OC(CO)C(O)C(O)C3O)c1C2=O.[Ca+2]. The van der Waals surface area contributed by atoms with Crippen molar-refractivity contribution in [3.05, 3.63) is 233 Å². The molecule has 4 aliphatic carbocycles. The summed E-state index contributed by atoms with van der Waals surface area (Å²) in [6.45, 7) is -3.30. The molecular formula is C84H74CaO40. The topological polar surface area (TPSA) is 702 Å². The standard InChI is InChI=1S/2C42H38O20.Ca/c2*43-11-23-31(47)35(51)37(53)41(61-23)59-21-5-1-3-15-25(17-7-13(39(55)56)9-19(45)27(17)33(49)29(15)21)26-16-4-2-6-22(60-42-38(54)36(52)32(48)24(12-44)62-42)30(16)34(50)28-18(26)8-14(40(57)58)10-20(28)46;/h2*1-10,23-26,31-32,35-38,41-48,51-54H,11-12H2,(H,55,56)(H,57,58);/q;;+2/p-2. The molecule has 0 aromatic heterocycles. The number of carboxylic acids is 4. The van der Waals surface area contributed by atoms with Gasteiger partial charge in [0.2, 0.25) is 48.3 Å².